The maximum Gasteiger partial charge on any atom is 0.271 e. The molecule has 0 bridgehead atoms. The van der Waals surface area contributed by atoms with Crippen molar-refractivity contribution in [1.82, 2.24) is 5.43 Å². The number of non-ortho nitro benzene ring substituents is 1. The molecule has 2 rings (SSSR count). The van der Waals surface area contributed by atoms with Gasteiger partial charge in [-0.25, -0.2) is 5.43 Å². The average Bonchev–Trinajstić information content (AvgIpc) is 2.49. The van der Waals surface area contributed by atoms with Crippen LogP contribution in [-0.4, -0.2) is 22.2 Å². The summed E-state index contributed by atoms with van der Waals surface area (Å²) in [5, 5.41) is 24.3. The molecule has 7 nitrogen and oxygen atoms in total. The van der Waals surface area contributed by atoms with Crippen LogP contribution in [0.4, 0.5) is 5.69 Å². The molecule has 0 atom stereocenters. The standard InChI is InChI=1S/C14H10ClN3O4/c15-11-5-4-10(13(19)7-11)8-16-17-14(20)9-2-1-3-12(6-9)18(21)22/h1-8,19H,(H,17,20)/b16-8+. The molecule has 0 heterocycles. The number of benzene rings is 2. The van der Waals surface area contributed by atoms with Crippen LogP contribution >= 0.6 is 11.6 Å². The van der Waals surface area contributed by atoms with E-state index in [-0.39, 0.29) is 17.0 Å². The Morgan fingerprint density at radius 3 is 2.77 bits per heavy atom. The first-order valence-corrected chi connectivity index (χ1v) is 6.41. The van der Waals surface area contributed by atoms with Crippen molar-refractivity contribution in [2.45, 2.75) is 0 Å². The summed E-state index contributed by atoms with van der Waals surface area (Å²) in [4.78, 5) is 21.9. The van der Waals surface area contributed by atoms with Gasteiger partial charge < -0.3 is 5.11 Å². The molecule has 0 unspecified atom stereocenters. The Balaban J connectivity index is 2.08. The van der Waals surface area contributed by atoms with E-state index in [0.717, 1.165) is 6.07 Å². The van der Waals surface area contributed by atoms with Crippen LogP contribution in [0.1, 0.15) is 15.9 Å². The van der Waals surface area contributed by atoms with E-state index in [1.807, 2.05) is 0 Å². The fourth-order valence-electron chi connectivity index (χ4n) is 1.61. The van der Waals surface area contributed by atoms with Gasteiger partial charge in [0, 0.05) is 28.3 Å². The summed E-state index contributed by atoms with van der Waals surface area (Å²) in [6, 6.07) is 9.69. The number of nitro benzene ring substituents is 1. The number of nitro groups is 1. The van der Waals surface area contributed by atoms with Crippen LogP contribution in [-0.2, 0) is 0 Å². The number of hydrogen-bond donors (Lipinski definition) is 2. The Labute approximate surface area is 130 Å². The quantitative estimate of drug-likeness (QED) is 0.513. The van der Waals surface area contributed by atoms with Gasteiger partial charge in [-0.3, -0.25) is 14.9 Å². The molecule has 0 aliphatic heterocycles. The summed E-state index contributed by atoms with van der Waals surface area (Å²) in [6.45, 7) is 0. The number of carbonyl (C=O) groups excluding carboxylic acids is 1. The molecule has 22 heavy (non-hydrogen) atoms. The third kappa shape index (κ3) is 3.80. The van der Waals surface area contributed by atoms with E-state index >= 15 is 0 Å². The minimum absolute atomic E-state index is 0.0825. The summed E-state index contributed by atoms with van der Waals surface area (Å²) in [5.74, 6) is -0.686. The molecule has 0 aliphatic rings. The van der Waals surface area contributed by atoms with Crippen LogP contribution in [0, 0.1) is 10.1 Å². The van der Waals surface area contributed by atoms with E-state index in [1.165, 1.54) is 36.5 Å². The smallest absolute Gasteiger partial charge is 0.271 e. The van der Waals surface area contributed by atoms with Crippen LogP contribution in [0.5, 0.6) is 5.75 Å². The molecule has 112 valence electrons. The molecule has 0 saturated carbocycles. The number of phenols is 1. The molecule has 0 spiro atoms. The van der Waals surface area contributed by atoms with Crippen LogP contribution in [0.3, 0.4) is 0 Å². The Hall–Kier alpha value is -2.93. The average molecular weight is 320 g/mol. The zero-order valence-corrected chi connectivity index (χ0v) is 11.8. The highest BCUT2D eigenvalue weighted by molar-refractivity contribution is 6.30. The Morgan fingerprint density at radius 2 is 2.09 bits per heavy atom. The van der Waals surface area contributed by atoms with Gasteiger partial charge in [-0.2, -0.15) is 5.10 Å². The third-order valence-corrected chi connectivity index (χ3v) is 2.92. The van der Waals surface area contributed by atoms with Crippen molar-refractivity contribution in [2.24, 2.45) is 5.10 Å². The molecule has 8 heteroatoms. The van der Waals surface area contributed by atoms with Gasteiger partial charge in [-0.1, -0.05) is 17.7 Å². The second-order valence-corrected chi connectivity index (χ2v) is 4.65. The van der Waals surface area contributed by atoms with Gasteiger partial charge in [0.15, 0.2) is 0 Å². The van der Waals surface area contributed by atoms with Gasteiger partial charge in [0.05, 0.1) is 11.1 Å². The van der Waals surface area contributed by atoms with E-state index in [0.29, 0.717) is 10.6 Å². The minimum atomic E-state index is -0.603. The largest absolute Gasteiger partial charge is 0.507 e. The van der Waals surface area contributed by atoms with Crippen molar-refractivity contribution in [2.75, 3.05) is 0 Å². The monoisotopic (exact) mass is 319 g/mol. The van der Waals surface area contributed by atoms with Crippen molar-refractivity contribution in [1.29, 1.82) is 0 Å². The van der Waals surface area contributed by atoms with Gasteiger partial charge in [0.1, 0.15) is 5.75 Å². The van der Waals surface area contributed by atoms with Crippen molar-refractivity contribution >= 4 is 29.4 Å². The number of nitrogens with one attached hydrogen (secondary N) is 1. The highest BCUT2D eigenvalue weighted by Gasteiger charge is 2.10. The van der Waals surface area contributed by atoms with E-state index in [1.54, 1.807) is 6.07 Å². The maximum absolute atomic E-state index is 11.8. The van der Waals surface area contributed by atoms with Crippen molar-refractivity contribution in [3.63, 3.8) is 0 Å². The van der Waals surface area contributed by atoms with Crippen LogP contribution in [0.15, 0.2) is 47.6 Å². The second-order valence-electron chi connectivity index (χ2n) is 4.21. The van der Waals surface area contributed by atoms with Crippen LogP contribution in [0.25, 0.3) is 0 Å². The lowest BCUT2D eigenvalue weighted by molar-refractivity contribution is -0.384. The second kappa shape index (κ2) is 6.68. The van der Waals surface area contributed by atoms with Gasteiger partial charge in [0.2, 0.25) is 0 Å². The van der Waals surface area contributed by atoms with Crippen molar-refractivity contribution < 1.29 is 14.8 Å². The molecule has 1 amide bonds. The minimum Gasteiger partial charge on any atom is -0.507 e. The first kappa shape index (κ1) is 15.5. The molecule has 0 fully saturated rings. The van der Waals surface area contributed by atoms with Gasteiger partial charge in [-0.05, 0) is 24.3 Å². The Kier molecular flexibility index (Phi) is 4.70. The number of rotatable bonds is 4. The fraction of sp³-hybridized carbons (Fsp3) is 0. The van der Waals surface area contributed by atoms with Crippen molar-refractivity contribution in [3.05, 3.63) is 68.7 Å². The zero-order valence-electron chi connectivity index (χ0n) is 11.1. The molecule has 0 saturated heterocycles. The number of amides is 1. The maximum atomic E-state index is 11.8. The predicted molar refractivity (Wildman–Crippen MR) is 81.3 cm³/mol. The fourth-order valence-corrected chi connectivity index (χ4v) is 1.78. The SMILES string of the molecule is O=C(N/N=C/c1ccc(Cl)cc1O)c1cccc([N+](=O)[O-])c1. The molecule has 0 aromatic heterocycles. The van der Waals surface area contributed by atoms with E-state index in [9.17, 15) is 20.0 Å². The Bertz CT molecular complexity index is 762. The first-order chi connectivity index (χ1) is 10.5. The first-order valence-electron chi connectivity index (χ1n) is 6.04. The molecular weight excluding hydrogens is 310 g/mol. The molecule has 0 aliphatic carbocycles. The topological polar surface area (TPSA) is 105 Å². The number of nitrogens with zero attached hydrogens (tertiary/aromatic N) is 2. The number of hydrogen-bond acceptors (Lipinski definition) is 5. The summed E-state index contributed by atoms with van der Waals surface area (Å²) >= 11 is 5.69. The predicted octanol–water partition coefficient (Wildman–Crippen LogP) is 2.72. The third-order valence-electron chi connectivity index (χ3n) is 2.68. The summed E-state index contributed by atoms with van der Waals surface area (Å²) < 4.78 is 0. The molecule has 0 radical (unpaired) electrons. The van der Waals surface area contributed by atoms with Crippen LogP contribution < -0.4 is 5.43 Å². The van der Waals surface area contributed by atoms with E-state index < -0.39 is 10.8 Å². The summed E-state index contributed by atoms with van der Waals surface area (Å²) in [5.41, 5.74) is 2.50. The summed E-state index contributed by atoms with van der Waals surface area (Å²) in [6.07, 6.45) is 1.24. The van der Waals surface area contributed by atoms with E-state index in [2.05, 4.69) is 10.5 Å². The summed E-state index contributed by atoms with van der Waals surface area (Å²) in [7, 11) is 0. The highest BCUT2D eigenvalue weighted by Crippen LogP contribution is 2.20. The zero-order chi connectivity index (χ0) is 16.1. The number of carbonyl (C=O) groups is 1. The molecule has 2 aromatic rings. The van der Waals surface area contributed by atoms with Crippen molar-refractivity contribution in [3.8, 4) is 5.75 Å². The van der Waals surface area contributed by atoms with Gasteiger partial charge in [-0.15, -0.1) is 0 Å². The van der Waals surface area contributed by atoms with Gasteiger partial charge >= 0.3 is 0 Å². The number of halogens is 1. The number of aromatic hydroxyl groups is 1. The molecule has 2 N–H and O–H groups in total. The van der Waals surface area contributed by atoms with Gasteiger partial charge in [0.25, 0.3) is 11.6 Å². The lowest BCUT2D eigenvalue weighted by Crippen LogP contribution is -2.17. The normalized spacial score (nSPS) is 10.6. The molecule has 2 aromatic carbocycles. The lowest BCUT2D eigenvalue weighted by Gasteiger charge is -2.01. The Morgan fingerprint density at radius 1 is 1.32 bits per heavy atom. The lowest BCUT2D eigenvalue weighted by atomic mass is 10.2. The van der Waals surface area contributed by atoms with E-state index in [4.69, 9.17) is 11.6 Å². The highest BCUT2D eigenvalue weighted by atomic mass is 35.5. The van der Waals surface area contributed by atoms with Crippen LogP contribution in [0.2, 0.25) is 5.02 Å². The number of phenolic OH excluding ortho intramolecular Hbond substituents is 1. The molecular formula is C14H10ClN3O4. The number of hydrazone groups is 1.